The second-order valence-corrected chi connectivity index (χ2v) is 7.98. The summed E-state index contributed by atoms with van der Waals surface area (Å²) < 4.78 is 5.37. The van der Waals surface area contributed by atoms with Crippen LogP contribution in [-0.2, 0) is 14.3 Å². The minimum atomic E-state index is 0.126. The summed E-state index contributed by atoms with van der Waals surface area (Å²) in [5, 5.41) is 0. The van der Waals surface area contributed by atoms with Gasteiger partial charge in [-0.05, 0) is 25.7 Å². The second-order valence-electron chi connectivity index (χ2n) is 7.98. The van der Waals surface area contributed by atoms with E-state index in [4.69, 9.17) is 4.74 Å². The summed E-state index contributed by atoms with van der Waals surface area (Å²) in [6, 6.07) is 0. The lowest BCUT2D eigenvalue weighted by molar-refractivity contribution is -0.144. The van der Waals surface area contributed by atoms with Crippen LogP contribution in [0.4, 0.5) is 0 Å². The molecule has 0 N–H and O–H groups in total. The normalized spacial score (nSPS) is 28.6. The van der Waals surface area contributed by atoms with Crippen molar-refractivity contribution in [3.05, 3.63) is 0 Å². The van der Waals surface area contributed by atoms with Gasteiger partial charge in [-0.1, -0.05) is 13.3 Å². The fraction of sp³-hybridized carbons (Fsp3) is 0.895. The van der Waals surface area contributed by atoms with Gasteiger partial charge in [-0.15, -0.1) is 0 Å². The summed E-state index contributed by atoms with van der Waals surface area (Å²) in [6.07, 6.45) is 5.97. The van der Waals surface area contributed by atoms with Crippen molar-refractivity contribution in [1.82, 2.24) is 14.7 Å². The zero-order chi connectivity index (χ0) is 17.7. The first kappa shape index (κ1) is 18.6. The molecular formula is C19H33N3O3. The van der Waals surface area contributed by atoms with Crippen molar-refractivity contribution < 1.29 is 14.3 Å². The van der Waals surface area contributed by atoms with E-state index in [0.717, 1.165) is 84.6 Å². The molecule has 6 heteroatoms. The smallest absolute Gasteiger partial charge is 0.236 e. The fourth-order valence-electron chi connectivity index (χ4n) is 4.46. The highest BCUT2D eigenvalue weighted by Gasteiger charge is 2.42. The first-order valence-electron chi connectivity index (χ1n) is 9.97. The molecule has 1 atom stereocenters. The summed E-state index contributed by atoms with van der Waals surface area (Å²) in [4.78, 5) is 31.3. The molecule has 0 aromatic heterocycles. The molecular weight excluding hydrogens is 318 g/mol. The third kappa shape index (κ3) is 4.73. The molecule has 0 aliphatic carbocycles. The van der Waals surface area contributed by atoms with E-state index in [0.29, 0.717) is 18.9 Å². The monoisotopic (exact) mass is 351 g/mol. The van der Waals surface area contributed by atoms with E-state index in [1.54, 1.807) is 0 Å². The Morgan fingerprint density at radius 2 is 1.96 bits per heavy atom. The van der Waals surface area contributed by atoms with Crippen LogP contribution in [0, 0.1) is 5.41 Å². The number of likely N-dealkylation sites (tertiary alicyclic amines) is 2. The number of carbonyl (C=O) groups excluding carboxylic acids is 2. The highest BCUT2D eigenvalue weighted by Crippen LogP contribution is 2.39. The number of nitrogens with zero attached hydrogens (tertiary/aromatic N) is 3. The van der Waals surface area contributed by atoms with Crippen molar-refractivity contribution in [2.24, 2.45) is 5.41 Å². The molecule has 142 valence electrons. The molecule has 0 aromatic rings. The van der Waals surface area contributed by atoms with E-state index in [1.165, 1.54) is 0 Å². The maximum absolute atomic E-state index is 12.8. The van der Waals surface area contributed by atoms with Gasteiger partial charge in [0.15, 0.2) is 0 Å². The Kier molecular flexibility index (Phi) is 6.34. The fourth-order valence-corrected chi connectivity index (χ4v) is 4.46. The standard InChI is InChI=1S/C19H33N3O3/c1-2-3-8-21-15-19(7-5-17(21)23)6-4-9-22(16-19)18(24)14-20-10-12-25-13-11-20/h2-16H2,1H3. The van der Waals surface area contributed by atoms with Gasteiger partial charge in [-0.2, -0.15) is 0 Å². The van der Waals surface area contributed by atoms with Crippen LogP contribution in [0.5, 0.6) is 0 Å². The van der Waals surface area contributed by atoms with Gasteiger partial charge in [0.05, 0.1) is 19.8 Å². The van der Waals surface area contributed by atoms with E-state index in [9.17, 15) is 9.59 Å². The number of morpholine rings is 1. The van der Waals surface area contributed by atoms with Gasteiger partial charge >= 0.3 is 0 Å². The molecule has 6 nitrogen and oxygen atoms in total. The Morgan fingerprint density at radius 1 is 1.16 bits per heavy atom. The Bertz CT molecular complexity index is 479. The van der Waals surface area contributed by atoms with Crippen molar-refractivity contribution in [2.75, 3.05) is 59.0 Å². The molecule has 3 aliphatic rings. The SMILES string of the molecule is CCCCN1CC2(CCCN(C(=O)CN3CCOCC3)C2)CCC1=O. The lowest BCUT2D eigenvalue weighted by Crippen LogP contribution is -2.56. The van der Waals surface area contributed by atoms with Crippen molar-refractivity contribution in [3.63, 3.8) is 0 Å². The van der Waals surface area contributed by atoms with Gasteiger partial charge in [0, 0.05) is 51.1 Å². The third-order valence-electron chi connectivity index (χ3n) is 6.01. The Morgan fingerprint density at radius 3 is 2.72 bits per heavy atom. The van der Waals surface area contributed by atoms with Gasteiger partial charge in [0.25, 0.3) is 0 Å². The quantitative estimate of drug-likeness (QED) is 0.750. The van der Waals surface area contributed by atoms with Crippen molar-refractivity contribution in [3.8, 4) is 0 Å². The first-order chi connectivity index (χ1) is 12.1. The summed E-state index contributed by atoms with van der Waals surface area (Å²) >= 11 is 0. The minimum absolute atomic E-state index is 0.126. The number of rotatable bonds is 5. The highest BCUT2D eigenvalue weighted by molar-refractivity contribution is 5.79. The van der Waals surface area contributed by atoms with Gasteiger partial charge in [0.2, 0.25) is 11.8 Å². The zero-order valence-corrected chi connectivity index (χ0v) is 15.7. The van der Waals surface area contributed by atoms with Gasteiger partial charge in [0.1, 0.15) is 0 Å². The first-order valence-corrected chi connectivity index (χ1v) is 9.97. The summed E-state index contributed by atoms with van der Waals surface area (Å²) in [5.74, 6) is 0.550. The van der Waals surface area contributed by atoms with E-state index in [1.807, 2.05) is 0 Å². The largest absolute Gasteiger partial charge is 0.379 e. The number of amides is 2. The molecule has 3 heterocycles. The van der Waals surface area contributed by atoms with Crippen molar-refractivity contribution in [1.29, 1.82) is 0 Å². The number of hydrogen-bond donors (Lipinski definition) is 0. The molecule has 0 saturated carbocycles. The molecule has 3 fully saturated rings. The summed E-state index contributed by atoms with van der Waals surface area (Å²) in [6.45, 7) is 9.24. The minimum Gasteiger partial charge on any atom is -0.379 e. The molecule has 0 bridgehead atoms. The number of hydrogen-bond acceptors (Lipinski definition) is 4. The van der Waals surface area contributed by atoms with Crippen LogP contribution in [0.2, 0.25) is 0 Å². The highest BCUT2D eigenvalue weighted by atomic mass is 16.5. The lowest BCUT2D eigenvalue weighted by Gasteiger charge is -2.48. The van der Waals surface area contributed by atoms with Crippen LogP contribution in [0.3, 0.4) is 0 Å². The van der Waals surface area contributed by atoms with Gasteiger partial charge in [-0.3, -0.25) is 14.5 Å². The van der Waals surface area contributed by atoms with Crippen LogP contribution in [0.1, 0.15) is 45.4 Å². The van der Waals surface area contributed by atoms with Crippen LogP contribution in [0.25, 0.3) is 0 Å². The van der Waals surface area contributed by atoms with Crippen molar-refractivity contribution in [2.45, 2.75) is 45.4 Å². The topological polar surface area (TPSA) is 53.1 Å². The van der Waals surface area contributed by atoms with E-state index in [-0.39, 0.29) is 11.3 Å². The predicted octanol–water partition coefficient (Wildman–Crippen LogP) is 1.35. The number of ether oxygens (including phenoxy) is 1. The number of piperidine rings is 2. The molecule has 3 aliphatic heterocycles. The molecule has 1 unspecified atom stereocenters. The molecule has 0 aromatic carbocycles. The predicted molar refractivity (Wildman–Crippen MR) is 96.2 cm³/mol. The third-order valence-corrected chi connectivity index (χ3v) is 6.01. The maximum atomic E-state index is 12.8. The number of carbonyl (C=O) groups is 2. The Balaban J connectivity index is 1.57. The van der Waals surface area contributed by atoms with Gasteiger partial charge < -0.3 is 14.5 Å². The molecule has 3 rings (SSSR count). The van der Waals surface area contributed by atoms with Crippen LogP contribution < -0.4 is 0 Å². The van der Waals surface area contributed by atoms with E-state index >= 15 is 0 Å². The molecule has 3 saturated heterocycles. The summed E-state index contributed by atoms with van der Waals surface area (Å²) in [7, 11) is 0. The summed E-state index contributed by atoms with van der Waals surface area (Å²) in [5.41, 5.74) is 0.126. The average molecular weight is 351 g/mol. The van der Waals surface area contributed by atoms with E-state index < -0.39 is 0 Å². The van der Waals surface area contributed by atoms with E-state index in [2.05, 4.69) is 21.6 Å². The van der Waals surface area contributed by atoms with Crippen LogP contribution in [-0.4, -0.2) is 85.5 Å². The molecule has 1 spiro atoms. The average Bonchev–Trinajstić information content (AvgIpc) is 2.64. The Hall–Kier alpha value is -1.14. The van der Waals surface area contributed by atoms with Gasteiger partial charge in [-0.25, -0.2) is 0 Å². The molecule has 0 radical (unpaired) electrons. The number of unbranched alkanes of at least 4 members (excludes halogenated alkanes) is 1. The lowest BCUT2D eigenvalue weighted by atomic mass is 9.73. The molecule has 2 amide bonds. The van der Waals surface area contributed by atoms with Crippen LogP contribution >= 0.6 is 0 Å². The zero-order valence-electron chi connectivity index (χ0n) is 15.7. The maximum Gasteiger partial charge on any atom is 0.236 e. The van der Waals surface area contributed by atoms with Crippen LogP contribution in [0.15, 0.2) is 0 Å². The van der Waals surface area contributed by atoms with Crippen molar-refractivity contribution >= 4 is 11.8 Å². The molecule has 25 heavy (non-hydrogen) atoms. The Labute approximate surface area is 151 Å². The second kappa shape index (κ2) is 8.49.